The zero-order valence-corrected chi connectivity index (χ0v) is 17.8. The first-order chi connectivity index (χ1) is 14.4. The SMILES string of the molecule is CS(=O)Nc1cccc(-c2cccc(N3CCC(C)(c4ccccc4)OC3=O)c2)c1. The van der Waals surface area contributed by atoms with Gasteiger partial charge in [-0.3, -0.25) is 4.90 Å². The second-order valence-electron chi connectivity index (χ2n) is 7.55. The number of rotatable bonds is 5. The van der Waals surface area contributed by atoms with Crippen LogP contribution in [0.5, 0.6) is 0 Å². The second kappa shape index (κ2) is 8.32. The molecule has 6 heteroatoms. The smallest absolute Gasteiger partial charge is 0.415 e. The summed E-state index contributed by atoms with van der Waals surface area (Å²) in [4.78, 5) is 14.5. The largest absolute Gasteiger partial charge is 0.438 e. The normalized spacial score (nSPS) is 19.8. The molecule has 1 fully saturated rings. The van der Waals surface area contributed by atoms with Crippen molar-refractivity contribution in [2.45, 2.75) is 18.9 Å². The van der Waals surface area contributed by atoms with E-state index in [0.717, 1.165) is 28.1 Å². The van der Waals surface area contributed by atoms with Crippen molar-refractivity contribution in [1.29, 1.82) is 0 Å². The zero-order chi connectivity index (χ0) is 21.1. The lowest BCUT2D eigenvalue weighted by atomic mass is 9.91. The molecular weight excluding hydrogens is 396 g/mol. The van der Waals surface area contributed by atoms with Gasteiger partial charge in [0.1, 0.15) is 16.6 Å². The average Bonchev–Trinajstić information content (AvgIpc) is 2.74. The monoisotopic (exact) mass is 420 g/mol. The van der Waals surface area contributed by atoms with E-state index in [1.165, 1.54) is 0 Å². The summed E-state index contributed by atoms with van der Waals surface area (Å²) >= 11 is 0. The number of nitrogens with one attached hydrogen (secondary N) is 1. The third-order valence-electron chi connectivity index (χ3n) is 5.35. The summed E-state index contributed by atoms with van der Waals surface area (Å²) in [6.45, 7) is 2.54. The van der Waals surface area contributed by atoms with Crippen molar-refractivity contribution < 1.29 is 13.7 Å². The van der Waals surface area contributed by atoms with Gasteiger partial charge >= 0.3 is 6.09 Å². The van der Waals surface area contributed by atoms with E-state index < -0.39 is 16.6 Å². The Labute approximate surface area is 179 Å². The van der Waals surface area contributed by atoms with Crippen molar-refractivity contribution in [3.05, 3.63) is 84.4 Å². The number of cyclic esters (lactones) is 1. The van der Waals surface area contributed by atoms with Crippen molar-refractivity contribution in [1.82, 2.24) is 0 Å². The highest BCUT2D eigenvalue weighted by atomic mass is 32.2. The molecule has 30 heavy (non-hydrogen) atoms. The summed E-state index contributed by atoms with van der Waals surface area (Å²) in [5.41, 5.74) is 3.92. The number of carbonyl (C=O) groups is 1. The van der Waals surface area contributed by atoms with Crippen LogP contribution in [0, 0.1) is 0 Å². The molecule has 0 radical (unpaired) electrons. The average molecular weight is 421 g/mol. The van der Waals surface area contributed by atoms with Gasteiger partial charge in [-0.05, 0) is 47.9 Å². The predicted molar refractivity (Wildman–Crippen MR) is 122 cm³/mol. The lowest BCUT2D eigenvalue weighted by Gasteiger charge is -2.39. The Morgan fingerprint density at radius 2 is 1.67 bits per heavy atom. The van der Waals surface area contributed by atoms with Crippen LogP contribution < -0.4 is 9.62 Å². The molecule has 0 spiro atoms. The fourth-order valence-corrected chi connectivity index (χ4v) is 4.18. The van der Waals surface area contributed by atoms with Gasteiger partial charge in [-0.2, -0.15) is 0 Å². The van der Waals surface area contributed by atoms with Gasteiger partial charge in [0.15, 0.2) is 0 Å². The van der Waals surface area contributed by atoms with Crippen LogP contribution in [0.25, 0.3) is 11.1 Å². The highest BCUT2D eigenvalue weighted by Gasteiger charge is 2.38. The van der Waals surface area contributed by atoms with Crippen molar-refractivity contribution in [2.75, 3.05) is 22.4 Å². The van der Waals surface area contributed by atoms with E-state index in [9.17, 15) is 9.00 Å². The molecule has 1 aliphatic heterocycles. The first-order valence-corrected chi connectivity index (χ1v) is 11.4. The topological polar surface area (TPSA) is 58.6 Å². The molecule has 1 amide bonds. The van der Waals surface area contributed by atoms with Crippen LogP contribution >= 0.6 is 0 Å². The molecule has 2 atom stereocenters. The summed E-state index contributed by atoms with van der Waals surface area (Å²) in [5, 5.41) is 0. The number of carbonyl (C=O) groups excluding carboxylic acids is 1. The Kier molecular flexibility index (Phi) is 5.59. The fourth-order valence-electron chi connectivity index (χ4n) is 3.73. The summed E-state index contributed by atoms with van der Waals surface area (Å²) < 4.78 is 20.2. The van der Waals surface area contributed by atoms with E-state index in [0.29, 0.717) is 13.0 Å². The van der Waals surface area contributed by atoms with E-state index in [4.69, 9.17) is 4.74 Å². The van der Waals surface area contributed by atoms with Gasteiger partial charge in [-0.1, -0.05) is 54.6 Å². The van der Waals surface area contributed by atoms with Crippen molar-refractivity contribution in [2.24, 2.45) is 0 Å². The summed E-state index contributed by atoms with van der Waals surface area (Å²) in [7, 11) is -1.14. The van der Waals surface area contributed by atoms with Crippen LogP contribution in [0.1, 0.15) is 18.9 Å². The van der Waals surface area contributed by atoms with Crippen LogP contribution in [0.3, 0.4) is 0 Å². The molecule has 3 aromatic carbocycles. The van der Waals surface area contributed by atoms with Gasteiger partial charge in [-0.25, -0.2) is 9.00 Å². The van der Waals surface area contributed by atoms with Crippen LogP contribution in [0.4, 0.5) is 16.2 Å². The van der Waals surface area contributed by atoms with E-state index in [-0.39, 0.29) is 6.09 Å². The van der Waals surface area contributed by atoms with Crippen LogP contribution in [0.2, 0.25) is 0 Å². The standard InChI is InChI=1S/C24H24N2O3S/c1-24(20-10-4-3-5-11-20)14-15-26(23(27)29-24)22-13-7-9-19(17-22)18-8-6-12-21(16-18)25-30(2)28/h3-13,16-17,25H,14-15H2,1-2H3. The number of ether oxygens (including phenoxy) is 1. The molecule has 3 aromatic rings. The van der Waals surface area contributed by atoms with E-state index >= 15 is 0 Å². The minimum atomic E-state index is -1.14. The third-order valence-corrected chi connectivity index (χ3v) is 5.87. The van der Waals surface area contributed by atoms with Gasteiger partial charge in [0, 0.05) is 30.6 Å². The van der Waals surface area contributed by atoms with Gasteiger partial charge in [0.25, 0.3) is 0 Å². The Morgan fingerprint density at radius 1 is 0.967 bits per heavy atom. The Balaban J connectivity index is 1.56. The highest BCUT2D eigenvalue weighted by molar-refractivity contribution is 7.85. The minimum Gasteiger partial charge on any atom is -0.438 e. The molecule has 1 aliphatic rings. The molecule has 2 unspecified atom stereocenters. The molecule has 1 N–H and O–H groups in total. The summed E-state index contributed by atoms with van der Waals surface area (Å²) in [6, 6.07) is 25.4. The van der Waals surface area contributed by atoms with Gasteiger partial charge in [0.05, 0.1) is 0 Å². The molecule has 0 saturated carbocycles. The van der Waals surface area contributed by atoms with E-state index in [2.05, 4.69) is 4.72 Å². The number of benzene rings is 3. The maximum absolute atomic E-state index is 12.9. The predicted octanol–water partition coefficient (Wildman–Crippen LogP) is 5.32. The molecule has 0 aliphatic carbocycles. The number of nitrogens with zero attached hydrogens (tertiary/aromatic N) is 1. The summed E-state index contributed by atoms with van der Waals surface area (Å²) in [6.07, 6.45) is 1.95. The fraction of sp³-hybridized carbons (Fsp3) is 0.208. The summed E-state index contributed by atoms with van der Waals surface area (Å²) in [5.74, 6) is 0. The maximum atomic E-state index is 12.9. The molecule has 4 rings (SSSR count). The molecule has 5 nitrogen and oxygen atoms in total. The molecule has 0 bridgehead atoms. The van der Waals surface area contributed by atoms with Gasteiger partial charge < -0.3 is 9.46 Å². The number of amides is 1. The van der Waals surface area contributed by atoms with Crippen LogP contribution in [0.15, 0.2) is 78.9 Å². The first-order valence-electron chi connectivity index (χ1n) is 9.81. The molecule has 0 aromatic heterocycles. The van der Waals surface area contributed by atoms with Crippen molar-refractivity contribution >= 4 is 28.5 Å². The lowest BCUT2D eigenvalue weighted by Crippen LogP contribution is -2.46. The Morgan fingerprint density at radius 3 is 2.37 bits per heavy atom. The Bertz CT molecular complexity index is 1090. The molecule has 1 heterocycles. The van der Waals surface area contributed by atoms with Crippen molar-refractivity contribution in [3.63, 3.8) is 0 Å². The highest BCUT2D eigenvalue weighted by Crippen LogP contribution is 2.36. The van der Waals surface area contributed by atoms with Gasteiger partial charge in [0.2, 0.25) is 0 Å². The maximum Gasteiger partial charge on any atom is 0.415 e. The van der Waals surface area contributed by atoms with Gasteiger partial charge in [-0.15, -0.1) is 0 Å². The van der Waals surface area contributed by atoms with E-state index in [1.807, 2.05) is 85.8 Å². The minimum absolute atomic E-state index is 0.346. The third kappa shape index (κ3) is 4.24. The second-order valence-corrected chi connectivity index (χ2v) is 8.67. The number of anilines is 2. The van der Waals surface area contributed by atoms with Crippen LogP contribution in [-0.2, 0) is 21.3 Å². The Hall–Kier alpha value is -3.12. The molecule has 1 saturated heterocycles. The zero-order valence-electron chi connectivity index (χ0n) is 17.0. The van der Waals surface area contributed by atoms with Crippen LogP contribution in [-0.4, -0.2) is 23.1 Å². The molecule has 154 valence electrons. The first kappa shape index (κ1) is 20.2. The number of hydrogen-bond donors (Lipinski definition) is 1. The lowest BCUT2D eigenvalue weighted by molar-refractivity contribution is 0.00582. The quantitative estimate of drug-likeness (QED) is 0.608. The van der Waals surface area contributed by atoms with E-state index in [1.54, 1.807) is 11.2 Å². The molecular formula is C24H24N2O3S. The number of hydrogen-bond acceptors (Lipinski definition) is 3. The van der Waals surface area contributed by atoms with Crippen molar-refractivity contribution in [3.8, 4) is 11.1 Å².